The summed E-state index contributed by atoms with van der Waals surface area (Å²) >= 11 is 3.46. The Bertz CT molecular complexity index is 1940. The maximum Gasteiger partial charge on any atom is 0.338 e. The Balaban J connectivity index is 1.60. The summed E-state index contributed by atoms with van der Waals surface area (Å²) in [5.74, 6) is 0.590. The van der Waals surface area contributed by atoms with Crippen molar-refractivity contribution in [2.45, 2.75) is 32.9 Å². The summed E-state index contributed by atoms with van der Waals surface area (Å²) in [5, 5.41) is 9.44. The van der Waals surface area contributed by atoms with Gasteiger partial charge in [-0.15, -0.1) is 0 Å². The van der Waals surface area contributed by atoms with E-state index in [1.807, 2.05) is 74.5 Å². The van der Waals surface area contributed by atoms with E-state index in [1.165, 1.54) is 18.4 Å². The Morgan fingerprint density at radius 1 is 1.12 bits per heavy atom. The topological polar surface area (TPSA) is 103 Å². The number of fused-ring (bicyclic) bond motifs is 1. The number of halogens is 1. The Kier molecular flexibility index (Phi) is 9.43. The number of aromatic nitrogens is 1. The first-order chi connectivity index (χ1) is 20.9. The number of rotatable bonds is 9. The van der Waals surface area contributed by atoms with Crippen LogP contribution in [0.4, 0.5) is 0 Å². The van der Waals surface area contributed by atoms with Gasteiger partial charge >= 0.3 is 5.97 Å². The lowest BCUT2D eigenvalue weighted by atomic mass is 9.95. The maximum absolute atomic E-state index is 14.0. The second-order valence-corrected chi connectivity index (χ2v) is 11.7. The summed E-state index contributed by atoms with van der Waals surface area (Å²) in [4.78, 5) is 32.2. The van der Waals surface area contributed by atoms with Crippen molar-refractivity contribution in [3.8, 4) is 17.6 Å². The van der Waals surface area contributed by atoms with Gasteiger partial charge in [0.1, 0.15) is 6.61 Å². The fraction of sp³-hybridized carbons (Fsp3) is 0.212. The van der Waals surface area contributed by atoms with E-state index >= 15 is 0 Å². The van der Waals surface area contributed by atoms with Crippen LogP contribution in [0.15, 0.2) is 87.8 Å². The third-order valence-electron chi connectivity index (χ3n) is 6.90. The van der Waals surface area contributed by atoms with Crippen LogP contribution in [0.2, 0.25) is 0 Å². The molecular weight excluding hydrogens is 677 g/mol. The smallest absolute Gasteiger partial charge is 0.338 e. The molecule has 218 valence electrons. The number of hydrogen-bond donors (Lipinski definition) is 0. The number of carbonyl (C=O) groups excluding carboxylic acids is 1. The average molecular weight is 706 g/mol. The van der Waals surface area contributed by atoms with Crippen molar-refractivity contribution in [1.29, 1.82) is 5.26 Å². The van der Waals surface area contributed by atoms with Crippen molar-refractivity contribution in [2.24, 2.45) is 4.99 Å². The minimum atomic E-state index is -0.659. The first kappa shape index (κ1) is 30.3. The van der Waals surface area contributed by atoms with E-state index in [0.29, 0.717) is 50.7 Å². The van der Waals surface area contributed by atoms with E-state index in [2.05, 4.69) is 28.7 Å². The highest BCUT2D eigenvalue weighted by molar-refractivity contribution is 14.1. The Labute approximate surface area is 266 Å². The number of carbonyl (C=O) groups is 1. The molecule has 5 rings (SSSR count). The summed E-state index contributed by atoms with van der Waals surface area (Å²) < 4.78 is 20.1. The van der Waals surface area contributed by atoms with Crippen LogP contribution in [0.3, 0.4) is 0 Å². The predicted molar refractivity (Wildman–Crippen MR) is 173 cm³/mol. The molecule has 2 heterocycles. The molecule has 0 saturated heterocycles. The van der Waals surface area contributed by atoms with Gasteiger partial charge in [-0.25, -0.2) is 9.79 Å². The highest BCUT2D eigenvalue weighted by Crippen LogP contribution is 2.36. The lowest BCUT2D eigenvalue weighted by Gasteiger charge is -2.25. The van der Waals surface area contributed by atoms with Crippen molar-refractivity contribution in [2.75, 3.05) is 13.7 Å². The number of methoxy groups -OCH3 is 1. The van der Waals surface area contributed by atoms with Crippen LogP contribution in [0.5, 0.6) is 11.5 Å². The van der Waals surface area contributed by atoms with Crippen LogP contribution >= 0.6 is 33.9 Å². The normalized spacial score (nSPS) is 14.5. The molecule has 0 saturated carbocycles. The first-order valence-corrected chi connectivity index (χ1v) is 15.5. The van der Waals surface area contributed by atoms with Crippen LogP contribution < -0.4 is 24.4 Å². The number of esters is 1. The molecule has 0 bridgehead atoms. The molecule has 3 aromatic carbocycles. The van der Waals surface area contributed by atoms with Crippen molar-refractivity contribution < 1.29 is 19.0 Å². The Morgan fingerprint density at radius 3 is 2.56 bits per heavy atom. The second-order valence-electron chi connectivity index (χ2n) is 9.52. The van der Waals surface area contributed by atoms with Crippen LogP contribution in [-0.2, 0) is 16.1 Å². The maximum atomic E-state index is 14.0. The zero-order chi connectivity index (χ0) is 30.5. The van der Waals surface area contributed by atoms with Gasteiger partial charge < -0.3 is 14.2 Å². The molecule has 1 aliphatic heterocycles. The summed E-state index contributed by atoms with van der Waals surface area (Å²) in [6, 6.07) is 22.0. The van der Waals surface area contributed by atoms with Gasteiger partial charge in [0.25, 0.3) is 5.56 Å². The van der Waals surface area contributed by atoms with Gasteiger partial charge in [-0.3, -0.25) is 9.36 Å². The molecule has 0 radical (unpaired) electrons. The Hall–Kier alpha value is -4.21. The molecule has 0 spiro atoms. The molecule has 4 aromatic rings. The van der Waals surface area contributed by atoms with Crippen molar-refractivity contribution >= 4 is 46.0 Å². The van der Waals surface area contributed by atoms with E-state index in [0.717, 1.165) is 20.3 Å². The molecule has 8 nitrogen and oxygen atoms in total. The quantitative estimate of drug-likeness (QED) is 0.174. The van der Waals surface area contributed by atoms with E-state index in [4.69, 9.17) is 19.2 Å². The SMILES string of the molecule is CCOc1cc(/C=c2\sc3n(c2=O)[C@H](c2ccccc2)C(C(=O)OC)=C(CC)N=3)cc(I)c1OCc1ccccc1C#N. The molecule has 43 heavy (non-hydrogen) atoms. The van der Waals surface area contributed by atoms with Crippen molar-refractivity contribution in [3.63, 3.8) is 0 Å². The third-order valence-corrected chi connectivity index (χ3v) is 8.69. The second kappa shape index (κ2) is 13.4. The number of benzene rings is 3. The minimum Gasteiger partial charge on any atom is -0.490 e. The van der Waals surface area contributed by atoms with Gasteiger partial charge in [-0.05, 0) is 71.3 Å². The first-order valence-electron chi connectivity index (χ1n) is 13.6. The zero-order valence-corrected chi connectivity index (χ0v) is 26.8. The van der Waals surface area contributed by atoms with Gasteiger partial charge in [0.05, 0.1) is 50.8 Å². The van der Waals surface area contributed by atoms with E-state index in [9.17, 15) is 14.9 Å². The summed E-state index contributed by atoms with van der Waals surface area (Å²) in [6.45, 7) is 4.44. The summed E-state index contributed by atoms with van der Waals surface area (Å²) in [7, 11) is 1.34. The molecule has 0 amide bonds. The van der Waals surface area contributed by atoms with E-state index in [1.54, 1.807) is 16.7 Å². The molecule has 0 aliphatic carbocycles. The average Bonchev–Trinajstić information content (AvgIpc) is 3.33. The van der Waals surface area contributed by atoms with Crippen LogP contribution in [0, 0.1) is 14.9 Å². The summed E-state index contributed by atoms with van der Waals surface area (Å²) in [5.41, 5.74) is 3.59. The number of ether oxygens (including phenoxy) is 3. The molecule has 1 aromatic heterocycles. The van der Waals surface area contributed by atoms with Crippen LogP contribution in [-0.4, -0.2) is 24.3 Å². The molecule has 0 fully saturated rings. The fourth-order valence-corrected chi connectivity index (χ4v) is 6.75. The monoisotopic (exact) mass is 705 g/mol. The number of nitrogens with zero attached hydrogens (tertiary/aromatic N) is 3. The third kappa shape index (κ3) is 6.14. The largest absolute Gasteiger partial charge is 0.490 e. The van der Waals surface area contributed by atoms with Gasteiger partial charge in [-0.1, -0.05) is 66.8 Å². The van der Waals surface area contributed by atoms with E-state index in [-0.39, 0.29) is 12.2 Å². The molecule has 0 N–H and O–H groups in total. The van der Waals surface area contributed by atoms with E-state index < -0.39 is 12.0 Å². The van der Waals surface area contributed by atoms with Crippen LogP contribution in [0.1, 0.15) is 48.6 Å². The van der Waals surface area contributed by atoms with Crippen molar-refractivity contribution in [1.82, 2.24) is 4.57 Å². The standard InChI is InChI=1S/C33H28IN3O5S/c1-4-25-28(32(39)40-3)29(21-11-7-6-8-12-21)37-31(38)27(43-33(37)36-25)17-20-15-24(34)30(26(16-20)41-5-2)42-19-23-14-10-9-13-22(23)18-35/h6-17,29H,4-5,19H2,1-3H3/b27-17-/t29-/m1/s1. The van der Waals surface area contributed by atoms with Gasteiger partial charge in [0.2, 0.25) is 0 Å². The molecule has 1 aliphatic rings. The number of thiazole rings is 1. The number of nitriles is 1. The van der Waals surface area contributed by atoms with Gasteiger partial charge in [0, 0.05) is 5.56 Å². The predicted octanol–water partition coefficient (Wildman–Crippen LogP) is 5.25. The molecule has 1 atom stereocenters. The molecule has 0 unspecified atom stereocenters. The summed E-state index contributed by atoms with van der Waals surface area (Å²) in [6.07, 6.45) is 2.31. The molecule has 10 heteroatoms. The van der Waals surface area contributed by atoms with Gasteiger partial charge in [0.15, 0.2) is 16.3 Å². The number of allylic oxidation sites excluding steroid dienone is 1. The highest BCUT2D eigenvalue weighted by atomic mass is 127. The minimum absolute atomic E-state index is 0.208. The zero-order valence-electron chi connectivity index (χ0n) is 23.8. The molecular formula is C33H28IN3O5S. The highest BCUT2D eigenvalue weighted by Gasteiger charge is 2.33. The number of hydrogen-bond acceptors (Lipinski definition) is 8. The van der Waals surface area contributed by atoms with Crippen LogP contribution in [0.25, 0.3) is 6.08 Å². The fourth-order valence-electron chi connectivity index (χ4n) is 4.95. The van der Waals surface area contributed by atoms with Crippen molar-refractivity contribution in [3.05, 3.63) is 124 Å². The Morgan fingerprint density at radius 2 is 1.86 bits per heavy atom. The lowest BCUT2D eigenvalue weighted by molar-refractivity contribution is -0.136. The van der Waals surface area contributed by atoms with Gasteiger partial charge in [-0.2, -0.15) is 5.26 Å². The lowest BCUT2D eigenvalue weighted by Crippen LogP contribution is -2.40.